The number of aliphatic carboxylic acids is 1. The van der Waals surface area contributed by atoms with Crippen LogP contribution in [0.4, 0.5) is 0 Å². The van der Waals surface area contributed by atoms with Crippen LogP contribution in [0, 0.1) is 5.92 Å². The standard InChI is InChI=1S/C4H10O.C3H6O3/c1-4(2)3-5;1-2(4)3(5)6/h4-5H,3H2,1-2H3;2,4H,1H3,(H,5,6). The molecule has 0 aliphatic rings. The molecular formula is C7H16O4. The molecule has 1 unspecified atom stereocenters. The van der Waals surface area contributed by atoms with Gasteiger partial charge >= 0.3 is 5.97 Å². The van der Waals surface area contributed by atoms with Gasteiger partial charge in [-0.1, -0.05) is 13.8 Å². The van der Waals surface area contributed by atoms with Crippen molar-refractivity contribution in [3.63, 3.8) is 0 Å². The first-order valence-electron chi connectivity index (χ1n) is 3.43. The number of aliphatic hydroxyl groups excluding tert-OH is 2. The summed E-state index contributed by atoms with van der Waals surface area (Å²) in [7, 11) is 0. The monoisotopic (exact) mass is 164 g/mol. The molecular weight excluding hydrogens is 148 g/mol. The first-order valence-corrected chi connectivity index (χ1v) is 3.43. The van der Waals surface area contributed by atoms with Crippen molar-refractivity contribution in [1.82, 2.24) is 0 Å². The molecule has 0 aliphatic heterocycles. The average Bonchev–Trinajstić information content (AvgIpc) is 1.89. The van der Waals surface area contributed by atoms with Gasteiger partial charge in [0.05, 0.1) is 0 Å². The van der Waals surface area contributed by atoms with E-state index in [1.54, 1.807) is 0 Å². The van der Waals surface area contributed by atoms with E-state index in [0.717, 1.165) is 0 Å². The second-order valence-electron chi connectivity index (χ2n) is 2.59. The second-order valence-corrected chi connectivity index (χ2v) is 2.59. The van der Waals surface area contributed by atoms with E-state index in [2.05, 4.69) is 0 Å². The molecule has 0 spiro atoms. The van der Waals surface area contributed by atoms with E-state index in [9.17, 15) is 4.79 Å². The Morgan fingerprint density at radius 2 is 1.55 bits per heavy atom. The van der Waals surface area contributed by atoms with Gasteiger partial charge in [-0.15, -0.1) is 0 Å². The molecule has 0 saturated heterocycles. The third-order valence-electron chi connectivity index (χ3n) is 0.723. The highest BCUT2D eigenvalue weighted by molar-refractivity contribution is 5.71. The molecule has 0 aromatic rings. The van der Waals surface area contributed by atoms with Crippen molar-refractivity contribution in [1.29, 1.82) is 0 Å². The van der Waals surface area contributed by atoms with E-state index in [-0.39, 0.29) is 0 Å². The van der Waals surface area contributed by atoms with Crippen molar-refractivity contribution in [2.75, 3.05) is 6.61 Å². The lowest BCUT2D eigenvalue weighted by molar-refractivity contribution is -0.145. The second kappa shape index (κ2) is 7.50. The first kappa shape index (κ1) is 13.0. The number of carbonyl (C=O) groups is 1. The maximum atomic E-state index is 9.45. The third kappa shape index (κ3) is 17.7. The van der Waals surface area contributed by atoms with E-state index in [4.69, 9.17) is 15.3 Å². The minimum atomic E-state index is -1.23. The maximum Gasteiger partial charge on any atom is 0.332 e. The number of carboxylic acids is 1. The molecule has 0 rings (SSSR count). The van der Waals surface area contributed by atoms with Crippen molar-refractivity contribution in [3.8, 4) is 0 Å². The van der Waals surface area contributed by atoms with Gasteiger partial charge in [0.15, 0.2) is 0 Å². The number of hydrogen-bond acceptors (Lipinski definition) is 3. The summed E-state index contributed by atoms with van der Waals surface area (Å²) in [5, 5.41) is 23.9. The quantitative estimate of drug-likeness (QED) is 0.540. The summed E-state index contributed by atoms with van der Waals surface area (Å²) in [4.78, 5) is 9.45. The summed E-state index contributed by atoms with van der Waals surface area (Å²) < 4.78 is 0. The molecule has 68 valence electrons. The van der Waals surface area contributed by atoms with Crippen molar-refractivity contribution in [3.05, 3.63) is 0 Å². The topological polar surface area (TPSA) is 77.8 Å². The lowest BCUT2D eigenvalue weighted by Crippen LogP contribution is -2.13. The molecule has 11 heavy (non-hydrogen) atoms. The van der Waals surface area contributed by atoms with E-state index in [1.165, 1.54) is 6.92 Å². The van der Waals surface area contributed by atoms with Gasteiger partial charge in [-0.25, -0.2) is 4.79 Å². The fourth-order valence-electron chi connectivity index (χ4n) is 0. The smallest absolute Gasteiger partial charge is 0.332 e. The lowest BCUT2D eigenvalue weighted by Gasteiger charge is -1.90. The third-order valence-corrected chi connectivity index (χ3v) is 0.723. The summed E-state index contributed by atoms with van der Waals surface area (Å²) in [5.74, 6) is -0.745. The Morgan fingerprint density at radius 1 is 1.36 bits per heavy atom. The van der Waals surface area contributed by atoms with Crippen LogP contribution in [0.1, 0.15) is 20.8 Å². The van der Waals surface area contributed by atoms with Crippen molar-refractivity contribution >= 4 is 5.97 Å². The van der Waals surface area contributed by atoms with Crippen LogP contribution in [-0.4, -0.2) is 34.0 Å². The molecule has 0 radical (unpaired) electrons. The summed E-state index contributed by atoms with van der Waals surface area (Å²) in [6.07, 6.45) is -1.23. The molecule has 0 bridgehead atoms. The normalized spacial score (nSPS) is 11.8. The molecule has 1 atom stereocenters. The predicted molar refractivity (Wildman–Crippen MR) is 41.2 cm³/mol. The van der Waals surface area contributed by atoms with E-state index >= 15 is 0 Å². The highest BCUT2D eigenvalue weighted by Crippen LogP contribution is 1.83. The molecule has 0 saturated carbocycles. The van der Waals surface area contributed by atoms with Gasteiger partial charge in [-0.3, -0.25) is 0 Å². The fraction of sp³-hybridized carbons (Fsp3) is 0.857. The number of carboxylic acid groups (broad SMARTS) is 1. The zero-order chi connectivity index (χ0) is 9.44. The van der Waals surface area contributed by atoms with Crippen LogP contribution in [0.5, 0.6) is 0 Å². The van der Waals surface area contributed by atoms with Crippen LogP contribution in [0.15, 0.2) is 0 Å². The Hall–Kier alpha value is -0.610. The van der Waals surface area contributed by atoms with Gasteiger partial charge in [0.2, 0.25) is 0 Å². The predicted octanol–water partition coefficient (Wildman–Crippen LogP) is 0.0865. The Morgan fingerprint density at radius 3 is 1.55 bits per heavy atom. The van der Waals surface area contributed by atoms with E-state index in [1.807, 2.05) is 13.8 Å². The Labute approximate surface area is 66.5 Å². The van der Waals surface area contributed by atoms with E-state index < -0.39 is 12.1 Å². The number of hydrogen-bond donors (Lipinski definition) is 3. The molecule has 0 amide bonds. The molecule has 0 aromatic heterocycles. The van der Waals surface area contributed by atoms with Crippen LogP contribution >= 0.6 is 0 Å². The minimum absolute atomic E-state index is 0.306. The SMILES string of the molecule is CC(C)CO.CC(O)C(=O)O. The first-order chi connectivity index (χ1) is 4.91. The Kier molecular flexibility index (Phi) is 8.87. The van der Waals surface area contributed by atoms with Crippen molar-refractivity contribution in [2.45, 2.75) is 26.9 Å². The summed E-state index contributed by atoms with van der Waals surface area (Å²) >= 11 is 0. The Bertz CT molecular complexity index is 98.6. The van der Waals surface area contributed by atoms with Crippen LogP contribution in [0.25, 0.3) is 0 Å². The fourth-order valence-corrected chi connectivity index (χ4v) is 0. The molecule has 3 N–H and O–H groups in total. The van der Waals surface area contributed by atoms with Gasteiger partial charge in [-0.2, -0.15) is 0 Å². The van der Waals surface area contributed by atoms with Gasteiger partial charge in [-0.05, 0) is 12.8 Å². The van der Waals surface area contributed by atoms with Crippen LogP contribution in [0.2, 0.25) is 0 Å². The average molecular weight is 164 g/mol. The highest BCUT2D eigenvalue weighted by Gasteiger charge is 2.01. The van der Waals surface area contributed by atoms with Crippen LogP contribution in [-0.2, 0) is 4.79 Å². The zero-order valence-corrected chi connectivity index (χ0v) is 7.11. The summed E-state index contributed by atoms with van der Waals surface area (Å²) in [6.45, 7) is 5.45. The maximum absolute atomic E-state index is 9.45. The molecule has 4 nitrogen and oxygen atoms in total. The highest BCUT2D eigenvalue weighted by atomic mass is 16.4. The lowest BCUT2D eigenvalue weighted by atomic mass is 10.2. The van der Waals surface area contributed by atoms with Crippen LogP contribution in [0.3, 0.4) is 0 Å². The van der Waals surface area contributed by atoms with Gasteiger partial charge in [0, 0.05) is 6.61 Å². The molecule has 0 heterocycles. The van der Waals surface area contributed by atoms with Gasteiger partial charge in [0.1, 0.15) is 6.10 Å². The largest absolute Gasteiger partial charge is 0.479 e. The molecule has 0 fully saturated rings. The summed E-state index contributed by atoms with van der Waals surface area (Å²) in [5.41, 5.74) is 0. The number of rotatable bonds is 2. The van der Waals surface area contributed by atoms with Crippen LogP contribution < -0.4 is 0 Å². The van der Waals surface area contributed by atoms with Gasteiger partial charge in [0.25, 0.3) is 0 Å². The van der Waals surface area contributed by atoms with Crippen molar-refractivity contribution in [2.24, 2.45) is 5.92 Å². The molecule has 4 heteroatoms. The molecule has 0 aliphatic carbocycles. The Balaban J connectivity index is 0. The molecule has 0 aromatic carbocycles. The number of aliphatic hydroxyl groups is 2. The minimum Gasteiger partial charge on any atom is -0.479 e. The van der Waals surface area contributed by atoms with Gasteiger partial charge < -0.3 is 15.3 Å². The summed E-state index contributed by atoms with van der Waals surface area (Å²) in [6, 6.07) is 0. The van der Waals surface area contributed by atoms with E-state index in [0.29, 0.717) is 12.5 Å². The van der Waals surface area contributed by atoms with Crippen molar-refractivity contribution < 1.29 is 20.1 Å². The zero-order valence-electron chi connectivity index (χ0n) is 7.11.